The molecule has 0 heterocycles. The molecule has 5 nitrogen and oxygen atoms in total. The van der Waals surface area contributed by atoms with Crippen LogP contribution < -0.4 is 45.1 Å². The molecule has 0 radical (unpaired) electrons. The number of benzene rings is 2. The zero-order chi connectivity index (χ0) is 17.1. The Hall–Kier alpha value is 0.660. The fourth-order valence-electron chi connectivity index (χ4n) is 1.80. The van der Waals surface area contributed by atoms with E-state index in [0.717, 1.165) is 12.7 Å². The van der Waals surface area contributed by atoms with Crippen LogP contribution in [0.4, 0.5) is 0 Å². The maximum Gasteiger partial charge on any atom is 1.00 e. The molecule has 0 aliphatic carbocycles. The molecule has 0 saturated heterocycles. The first kappa shape index (κ1) is 22.7. The first-order valence-electron chi connectivity index (χ1n) is 6.36. The van der Waals surface area contributed by atoms with E-state index >= 15 is 0 Å². The Labute approximate surface area is 202 Å². The van der Waals surface area contributed by atoms with Crippen LogP contribution in [0.3, 0.4) is 0 Å². The van der Waals surface area contributed by atoms with Gasteiger partial charge in [0.15, 0.2) is 5.75 Å². The zero-order valence-electron chi connectivity index (χ0n) is 12.5. The van der Waals surface area contributed by atoms with Crippen LogP contribution in [0.5, 0.6) is 17.2 Å². The van der Waals surface area contributed by atoms with Gasteiger partial charge in [0.05, 0.1) is 11.1 Å². The van der Waals surface area contributed by atoms with Gasteiger partial charge in [0.25, 0.3) is 0 Å². The van der Waals surface area contributed by atoms with Crippen LogP contribution in [0.1, 0.15) is 9.49 Å². The number of halogens is 3. The molecular formula is C15H11I3NNaO4. The number of carbonyl (C=O) groups is 1. The molecule has 3 N–H and O–H groups in total. The molecule has 0 bridgehead atoms. The Morgan fingerprint density at radius 3 is 2.12 bits per heavy atom. The molecule has 2 atom stereocenters. The maximum absolute atomic E-state index is 11.4. The van der Waals surface area contributed by atoms with Crippen molar-refractivity contribution in [2.75, 3.05) is 0 Å². The number of alkyl halides is 1. The molecule has 0 aromatic heterocycles. The van der Waals surface area contributed by atoms with Gasteiger partial charge in [-0.05, 0) is 62.9 Å². The van der Waals surface area contributed by atoms with Crippen molar-refractivity contribution in [3.63, 3.8) is 0 Å². The zero-order valence-corrected chi connectivity index (χ0v) is 21.0. The van der Waals surface area contributed by atoms with E-state index in [-0.39, 0.29) is 39.2 Å². The van der Waals surface area contributed by atoms with E-state index in [1.54, 1.807) is 24.3 Å². The minimum Gasteiger partial charge on any atom is -0.872 e. The van der Waals surface area contributed by atoms with Crippen LogP contribution >= 0.6 is 67.8 Å². The normalized spacial score (nSPS) is 12.8. The van der Waals surface area contributed by atoms with Crippen LogP contribution in [0.25, 0.3) is 0 Å². The summed E-state index contributed by atoms with van der Waals surface area (Å²) in [4.78, 5) is 10.9. The molecule has 2 aromatic rings. The number of aliphatic carboxylic acids is 1. The van der Waals surface area contributed by atoms with Gasteiger partial charge in [-0.3, -0.25) is 4.79 Å². The minimum absolute atomic E-state index is 0. The van der Waals surface area contributed by atoms with E-state index in [4.69, 9.17) is 15.6 Å². The SMILES string of the molecule is N[C@H](C(=O)O)C(I)c1ccc(Oc2c(I)cc([O-])cc2I)cc1.[Na+]. The summed E-state index contributed by atoms with van der Waals surface area (Å²) in [6, 6.07) is 9.15. The van der Waals surface area contributed by atoms with Gasteiger partial charge in [-0.25, -0.2) is 0 Å². The van der Waals surface area contributed by atoms with Gasteiger partial charge in [-0.15, -0.1) is 5.75 Å². The fourth-order valence-corrected chi connectivity index (χ4v) is 4.46. The van der Waals surface area contributed by atoms with Crippen molar-refractivity contribution in [3.8, 4) is 17.2 Å². The molecule has 24 heavy (non-hydrogen) atoms. The van der Waals surface area contributed by atoms with Gasteiger partial charge in [0, 0.05) is 0 Å². The number of ether oxygens (including phenoxy) is 1. The number of rotatable bonds is 5. The summed E-state index contributed by atoms with van der Waals surface area (Å²) in [5, 5.41) is 20.4. The molecule has 0 saturated carbocycles. The van der Waals surface area contributed by atoms with Crippen LogP contribution in [-0.2, 0) is 4.79 Å². The van der Waals surface area contributed by atoms with Gasteiger partial charge < -0.3 is 20.7 Å². The number of carboxylic acid groups (broad SMARTS) is 1. The van der Waals surface area contributed by atoms with Crippen molar-refractivity contribution in [3.05, 3.63) is 49.1 Å². The number of nitrogens with two attached hydrogens (primary N) is 1. The molecule has 2 rings (SSSR count). The predicted octanol–water partition coefficient (Wildman–Crippen LogP) is 0.654. The average Bonchev–Trinajstić information content (AvgIpc) is 2.50. The van der Waals surface area contributed by atoms with E-state index in [9.17, 15) is 9.90 Å². The molecule has 1 unspecified atom stereocenters. The number of carboxylic acids is 1. The van der Waals surface area contributed by atoms with Gasteiger partial charge in [0.1, 0.15) is 11.8 Å². The Morgan fingerprint density at radius 2 is 1.67 bits per heavy atom. The summed E-state index contributed by atoms with van der Waals surface area (Å²) in [6.45, 7) is 0. The summed E-state index contributed by atoms with van der Waals surface area (Å²) in [7, 11) is 0. The first-order chi connectivity index (χ1) is 10.8. The van der Waals surface area contributed by atoms with Crippen LogP contribution in [0, 0.1) is 7.14 Å². The summed E-state index contributed by atoms with van der Waals surface area (Å²) >= 11 is 6.13. The third-order valence-electron chi connectivity index (χ3n) is 2.99. The molecule has 0 amide bonds. The molecule has 2 aromatic carbocycles. The topological polar surface area (TPSA) is 95.6 Å². The minimum atomic E-state index is -1.04. The van der Waals surface area contributed by atoms with Gasteiger partial charge in [-0.1, -0.05) is 46.9 Å². The van der Waals surface area contributed by atoms with Gasteiger partial charge in [-0.2, -0.15) is 0 Å². The summed E-state index contributed by atoms with van der Waals surface area (Å²) in [5.41, 5.74) is 6.45. The van der Waals surface area contributed by atoms with E-state index in [1.165, 1.54) is 12.1 Å². The van der Waals surface area contributed by atoms with E-state index in [2.05, 4.69) is 45.2 Å². The Bertz CT molecular complexity index is 704. The van der Waals surface area contributed by atoms with Crippen molar-refractivity contribution in [2.24, 2.45) is 5.73 Å². The molecule has 0 aliphatic heterocycles. The number of hydrogen-bond acceptors (Lipinski definition) is 4. The van der Waals surface area contributed by atoms with Crippen molar-refractivity contribution in [1.29, 1.82) is 0 Å². The van der Waals surface area contributed by atoms with Crippen molar-refractivity contribution in [1.82, 2.24) is 0 Å². The second-order valence-electron chi connectivity index (χ2n) is 4.65. The monoisotopic (exact) mass is 673 g/mol. The third-order valence-corrected chi connectivity index (χ3v) is 6.09. The van der Waals surface area contributed by atoms with Crippen molar-refractivity contribution >= 4 is 73.7 Å². The predicted molar refractivity (Wildman–Crippen MR) is 110 cm³/mol. The van der Waals surface area contributed by atoms with Gasteiger partial charge >= 0.3 is 35.5 Å². The Kier molecular flexibility index (Phi) is 9.57. The van der Waals surface area contributed by atoms with E-state index in [0.29, 0.717) is 11.5 Å². The van der Waals surface area contributed by atoms with Gasteiger partial charge in [0.2, 0.25) is 0 Å². The van der Waals surface area contributed by atoms with Crippen LogP contribution in [-0.4, -0.2) is 17.1 Å². The molecular weight excluding hydrogens is 662 g/mol. The van der Waals surface area contributed by atoms with Crippen LogP contribution in [0.15, 0.2) is 36.4 Å². The molecule has 122 valence electrons. The summed E-state index contributed by atoms with van der Waals surface area (Å²) in [5.74, 6) is 0.144. The second-order valence-corrected chi connectivity index (χ2v) is 8.32. The summed E-state index contributed by atoms with van der Waals surface area (Å²) in [6.07, 6.45) is 0. The standard InChI is InChI=1S/C15H12I3NO4.Na/c16-10-5-8(20)6-11(17)14(10)23-9-3-1-7(2-4-9)12(18)13(19)15(21)22;/h1-6,12-13,20H,19H2,(H,21,22);/q;+1/p-1/t12?,13-;/m0./s1. The van der Waals surface area contributed by atoms with E-state index < -0.39 is 12.0 Å². The van der Waals surface area contributed by atoms with Crippen molar-refractivity contribution in [2.45, 2.75) is 9.97 Å². The number of hydrogen-bond donors (Lipinski definition) is 2. The third kappa shape index (κ3) is 5.84. The molecule has 0 fully saturated rings. The fraction of sp³-hybridized carbons (Fsp3) is 0.133. The maximum atomic E-state index is 11.4. The molecule has 9 heteroatoms. The smallest absolute Gasteiger partial charge is 0.872 e. The molecule has 0 spiro atoms. The quantitative estimate of drug-likeness (QED) is 0.277. The van der Waals surface area contributed by atoms with Crippen LogP contribution in [0.2, 0.25) is 0 Å². The van der Waals surface area contributed by atoms with Crippen molar-refractivity contribution < 1.29 is 49.3 Å². The Balaban J connectivity index is 0.00000288. The Morgan fingerprint density at radius 1 is 1.17 bits per heavy atom. The molecule has 0 aliphatic rings. The second kappa shape index (κ2) is 10.1. The summed E-state index contributed by atoms with van der Waals surface area (Å²) < 4.78 is 6.98. The average molecular weight is 673 g/mol. The largest absolute Gasteiger partial charge is 1.00 e. The van der Waals surface area contributed by atoms with E-state index in [1.807, 2.05) is 22.6 Å². The first-order valence-corrected chi connectivity index (χ1v) is 9.76.